The maximum absolute atomic E-state index is 12.3. The minimum absolute atomic E-state index is 0.0184. The lowest BCUT2D eigenvalue weighted by molar-refractivity contribution is -0.117. The van der Waals surface area contributed by atoms with E-state index in [1.165, 1.54) is 0 Å². The molecule has 0 aliphatic carbocycles. The summed E-state index contributed by atoms with van der Waals surface area (Å²) in [5, 5.41) is 5.96. The van der Waals surface area contributed by atoms with Gasteiger partial charge in [-0.2, -0.15) is 0 Å². The Bertz CT molecular complexity index is 851. The Morgan fingerprint density at radius 3 is 1.36 bits per heavy atom. The van der Waals surface area contributed by atoms with Crippen LogP contribution >= 0.6 is 0 Å². The highest BCUT2D eigenvalue weighted by Crippen LogP contribution is 2.26. The predicted molar refractivity (Wildman–Crippen MR) is 148 cm³/mol. The molecule has 0 fully saturated rings. The first-order valence-corrected chi connectivity index (χ1v) is 13.4. The van der Waals surface area contributed by atoms with Gasteiger partial charge in [-0.3, -0.25) is 9.59 Å². The van der Waals surface area contributed by atoms with Crippen molar-refractivity contribution in [3.8, 4) is 11.5 Å². The highest BCUT2D eigenvalue weighted by molar-refractivity contribution is 5.92. The lowest BCUT2D eigenvalue weighted by Crippen LogP contribution is -2.13. The molecule has 0 aliphatic heterocycles. The molecule has 0 unspecified atom stereocenters. The summed E-state index contributed by atoms with van der Waals surface area (Å²) in [5.74, 6) is 2.32. The fraction of sp³-hybridized carbons (Fsp3) is 0.533. The number of unbranched alkanes of at least 4 members (excludes halogenated alkanes) is 5. The minimum Gasteiger partial charge on any atom is -0.491 e. The van der Waals surface area contributed by atoms with Gasteiger partial charge in [-0.15, -0.1) is 0 Å². The van der Waals surface area contributed by atoms with Gasteiger partial charge in [0, 0.05) is 12.8 Å². The Balaban J connectivity index is 1.56. The van der Waals surface area contributed by atoms with Crippen molar-refractivity contribution in [1.82, 2.24) is 0 Å². The molecule has 6 heteroatoms. The Morgan fingerprint density at radius 1 is 0.611 bits per heavy atom. The first-order chi connectivity index (χ1) is 17.3. The second kappa shape index (κ2) is 16.6. The molecule has 36 heavy (non-hydrogen) atoms. The largest absolute Gasteiger partial charge is 0.491 e. The SMILES string of the molecule is CC(C)COc1ccccc1NC(=O)CCCCCCCCC(=O)Nc1ccccc1OCC(C)C. The van der Waals surface area contributed by atoms with Gasteiger partial charge in [0.15, 0.2) is 0 Å². The fourth-order valence-corrected chi connectivity index (χ4v) is 3.61. The Hall–Kier alpha value is -3.02. The quantitative estimate of drug-likeness (QED) is 0.223. The van der Waals surface area contributed by atoms with Gasteiger partial charge in [0.2, 0.25) is 11.8 Å². The van der Waals surface area contributed by atoms with Gasteiger partial charge in [-0.25, -0.2) is 0 Å². The van der Waals surface area contributed by atoms with Gasteiger partial charge in [0.25, 0.3) is 0 Å². The van der Waals surface area contributed by atoms with Crippen LogP contribution in [0.4, 0.5) is 11.4 Å². The van der Waals surface area contributed by atoms with E-state index >= 15 is 0 Å². The number of para-hydroxylation sites is 4. The van der Waals surface area contributed by atoms with Gasteiger partial charge in [-0.1, -0.05) is 77.6 Å². The van der Waals surface area contributed by atoms with Crippen LogP contribution in [-0.4, -0.2) is 25.0 Å². The number of benzene rings is 2. The summed E-state index contributed by atoms with van der Waals surface area (Å²) in [7, 11) is 0. The minimum atomic E-state index is 0.0184. The molecular formula is C30H44N2O4. The summed E-state index contributed by atoms with van der Waals surface area (Å²) < 4.78 is 11.6. The van der Waals surface area contributed by atoms with Crippen LogP contribution in [0.15, 0.2) is 48.5 Å². The molecule has 6 nitrogen and oxygen atoms in total. The molecule has 0 heterocycles. The predicted octanol–water partition coefficient (Wildman–Crippen LogP) is 7.45. The van der Waals surface area contributed by atoms with Crippen LogP contribution in [0.2, 0.25) is 0 Å². The summed E-state index contributed by atoms with van der Waals surface area (Å²) in [5.41, 5.74) is 1.46. The van der Waals surface area contributed by atoms with Crippen molar-refractivity contribution < 1.29 is 19.1 Å². The third-order valence-electron chi connectivity index (χ3n) is 5.52. The third-order valence-corrected chi connectivity index (χ3v) is 5.52. The molecular weight excluding hydrogens is 452 g/mol. The topological polar surface area (TPSA) is 76.7 Å². The molecule has 0 aromatic heterocycles. The molecule has 0 radical (unpaired) electrons. The first kappa shape index (κ1) is 29.2. The van der Waals surface area contributed by atoms with Crippen LogP contribution < -0.4 is 20.1 Å². The van der Waals surface area contributed by atoms with E-state index in [2.05, 4.69) is 38.3 Å². The number of hydrogen-bond acceptors (Lipinski definition) is 4. The summed E-state index contributed by atoms with van der Waals surface area (Å²) in [6.07, 6.45) is 6.85. The van der Waals surface area contributed by atoms with E-state index in [9.17, 15) is 9.59 Å². The molecule has 2 rings (SSSR count). The second-order valence-electron chi connectivity index (χ2n) is 10.1. The summed E-state index contributed by atoms with van der Waals surface area (Å²) in [6.45, 7) is 9.63. The highest BCUT2D eigenvalue weighted by atomic mass is 16.5. The molecule has 2 N–H and O–H groups in total. The number of ether oxygens (including phenoxy) is 2. The zero-order valence-corrected chi connectivity index (χ0v) is 22.5. The van der Waals surface area contributed by atoms with Crippen LogP contribution in [0.25, 0.3) is 0 Å². The molecule has 198 valence electrons. The van der Waals surface area contributed by atoms with E-state index in [1.807, 2.05) is 48.5 Å². The van der Waals surface area contributed by atoms with Crippen LogP contribution in [-0.2, 0) is 9.59 Å². The van der Waals surface area contributed by atoms with E-state index in [0.717, 1.165) is 61.4 Å². The lowest BCUT2D eigenvalue weighted by Gasteiger charge is -2.14. The zero-order chi connectivity index (χ0) is 26.2. The molecule has 0 saturated carbocycles. The fourth-order valence-electron chi connectivity index (χ4n) is 3.61. The molecule has 2 aromatic rings. The Labute approximate surface area is 217 Å². The maximum Gasteiger partial charge on any atom is 0.224 e. The molecule has 0 saturated heterocycles. The molecule has 2 aromatic carbocycles. The monoisotopic (exact) mass is 496 g/mol. The van der Waals surface area contributed by atoms with Crippen molar-refractivity contribution >= 4 is 23.2 Å². The Kier molecular flexibility index (Phi) is 13.5. The third kappa shape index (κ3) is 12.1. The van der Waals surface area contributed by atoms with Crippen molar-refractivity contribution in [1.29, 1.82) is 0 Å². The molecule has 2 amide bonds. The molecule has 0 spiro atoms. The van der Waals surface area contributed by atoms with Gasteiger partial charge in [-0.05, 0) is 48.9 Å². The van der Waals surface area contributed by atoms with Crippen molar-refractivity contribution in [2.45, 2.75) is 79.1 Å². The highest BCUT2D eigenvalue weighted by Gasteiger charge is 2.10. The van der Waals surface area contributed by atoms with Crippen LogP contribution in [0.5, 0.6) is 11.5 Å². The standard InChI is InChI=1S/C30H44N2O4/c1-23(2)21-35-27-17-13-11-15-25(27)31-29(33)19-9-7-5-6-8-10-20-30(34)32-26-16-12-14-18-28(26)36-22-24(3)4/h11-18,23-24H,5-10,19-22H2,1-4H3,(H,31,33)(H,32,34). The van der Waals surface area contributed by atoms with E-state index in [-0.39, 0.29) is 11.8 Å². The van der Waals surface area contributed by atoms with Gasteiger partial charge in [0.05, 0.1) is 24.6 Å². The Morgan fingerprint density at radius 2 is 0.972 bits per heavy atom. The van der Waals surface area contributed by atoms with Crippen LogP contribution in [0.1, 0.15) is 79.1 Å². The second-order valence-corrected chi connectivity index (χ2v) is 10.1. The van der Waals surface area contributed by atoms with Crippen LogP contribution in [0, 0.1) is 11.8 Å². The maximum atomic E-state index is 12.3. The van der Waals surface area contributed by atoms with Crippen molar-refractivity contribution in [3.05, 3.63) is 48.5 Å². The van der Waals surface area contributed by atoms with Crippen LogP contribution in [0.3, 0.4) is 0 Å². The van der Waals surface area contributed by atoms with Crippen molar-refractivity contribution in [2.24, 2.45) is 11.8 Å². The number of carbonyl (C=O) groups excluding carboxylic acids is 2. The first-order valence-electron chi connectivity index (χ1n) is 13.4. The van der Waals surface area contributed by atoms with E-state index < -0.39 is 0 Å². The number of carbonyl (C=O) groups is 2. The average Bonchev–Trinajstić information content (AvgIpc) is 2.84. The summed E-state index contributed by atoms with van der Waals surface area (Å²) in [6, 6.07) is 15.2. The summed E-state index contributed by atoms with van der Waals surface area (Å²) in [4.78, 5) is 24.7. The van der Waals surface area contributed by atoms with Crippen molar-refractivity contribution in [3.63, 3.8) is 0 Å². The molecule has 0 aliphatic rings. The average molecular weight is 497 g/mol. The zero-order valence-electron chi connectivity index (χ0n) is 22.5. The number of hydrogen-bond donors (Lipinski definition) is 2. The number of anilines is 2. The molecule has 0 bridgehead atoms. The number of nitrogens with one attached hydrogen (secondary N) is 2. The lowest BCUT2D eigenvalue weighted by atomic mass is 10.1. The van der Waals surface area contributed by atoms with E-state index in [0.29, 0.717) is 37.9 Å². The van der Waals surface area contributed by atoms with E-state index in [4.69, 9.17) is 9.47 Å². The molecule has 0 atom stereocenters. The smallest absolute Gasteiger partial charge is 0.224 e. The number of rotatable bonds is 17. The normalized spacial score (nSPS) is 10.9. The van der Waals surface area contributed by atoms with Gasteiger partial charge >= 0.3 is 0 Å². The summed E-state index contributed by atoms with van der Waals surface area (Å²) >= 11 is 0. The van der Waals surface area contributed by atoms with Gasteiger partial charge in [0.1, 0.15) is 11.5 Å². The van der Waals surface area contributed by atoms with E-state index in [1.54, 1.807) is 0 Å². The van der Waals surface area contributed by atoms with Gasteiger partial charge < -0.3 is 20.1 Å². The van der Waals surface area contributed by atoms with Crippen molar-refractivity contribution in [2.75, 3.05) is 23.8 Å². The number of amides is 2.